The van der Waals surface area contributed by atoms with Gasteiger partial charge >= 0.3 is 0 Å². The molecular formula is C34H41N5O5. The van der Waals surface area contributed by atoms with E-state index in [-0.39, 0.29) is 35.6 Å². The number of carbonyl (C=O) groups is 3. The van der Waals surface area contributed by atoms with Crippen LogP contribution in [0.1, 0.15) is 60.1 Å². The maximum atomic E-state index is 13.9. The second-order valence-corrected chi connectivity index (χ2v) is 12.3. The van der Waals surface area contributed by atoms with Crippen LogP contribution in [-0.4, -0.2) is 83.9 Å². The summed E-state index contributed by atoms with van der Waals surface area (Å²) in [5.74, 6) is 1.72. The van der Waals surface area contributed by atoms with Crippen LogP contribution in [0.3, 0.4) is 0 Å². The number of aromatic nitrogens is 2. The Morgan fingerprint density at radius 3 is 2.61 bits per heavy atom. The first kappa shape index (κ1) is 29.8. The van der Waals surface area contributed by atoms with Gasteiger partial charge in [-0.3, -0.25) is 19.4 Å². The average Bonchev–Trinajstić information content (AvgIpc) is 3.04. The molecule has 3 aliphatic rings. The van der Waals surface area contributed by atoms with Gasteiger partial charge in [-0.2, -0.15) is 0 Å². The average molecular weight is 600 g/mol. The van der Waals surface area contributed by atoms with Crippen LogP contribution in [-0.2, 0) is 22.4 Å². The Morgan fingerprint density at radius 1 is 0.955 bits per heavy atom. The maximum Gasteiger partial charge on any atom is 0.274 e. The zero-order valence-electron chi connectivity index (χ0n) is 25.6. The largest absolute Gasteiger partial charge is 0.493 e. The van der Waals surface area contributed by atoms with E-state index >= 15 is 0 Å². The van der Waals surface area contributed by atoms with E-state index in [0.29, 0.717) is 74.6 Å². The van der Waals surface area contributed by atoms with Crippen molar-refractivity contribution in [2.24, 2.45) is 11.8 Å². The van der Waals surface area contributed by atoms with E-state index in [9.17, 15) is 14.4 Å². The fourth-order valence-corrected chi connectivity index (χ4v) is 7.29. The zero-order chi connectivity index (χ0) is 30.6. The van der Waals surface area contributed by atoms with Gasteiger partial charge in [-0.05, 0) is 79.7 Å². The summed E-state index contributed by atoms with van der Waals surface area (Å²) in [6.45, 7) is 2.34. The number of ether oxygens (including phenoxy) is 2. The van der Waals surface area contributed by atoms with Gasteiger partial charge in [0.05, 0.1) is 31.4 Å². The molecule has 2 fully saturated rings. The van der Waals surface area contributed by atoms with Crippen LogP contribution in [0.4, 0.5) is 0 Å². The second kappa shape index (κ2) is 13.2. The van der Waals surface area contributed by atoms with Crippen molar-refractivity contribution < 1.29 is 23.9 Å². The van der Waals surface area contributed by atoms with Gasteiger partial charge in [0.2, 0.25) is 11.8 Å². The van der Waals surface area contributed by atoms with E-state index in [1.54, 1.807) is 20.4 Å². The van der Waals surface area contributed by atoms with Crippen LogP contribution in [0, 0.1) is 11.8 Å². The van der Waals surface area contributed by atoms with E-state index < -0.39 is 0 Å². The quantitative estimate of drug-likeness (QED) is 0.487. The van der Waals surface area contributed by atoms with Gasteiger partial charge in [-0.1, -0.05) is 18.2 Å². The molecule has 0 spiro atoms. The van der Waals surface area contributed by atoms with Crippen molar-refractivity contribution in [1.82, 2.24) is 25.1 Å². The van der Waals surface area contributed by atoms with E-state index in [1.807, 2.05) is 35.2 Å². The summed E-state index contributed by atoms with van der Waals surface area (Å²) in [4.78, 5) is 53.2. The molecule has 2 aromatic carbocycles. The minimum Gasteiger partial charge on any atom is -0.493 e. The van der Waals surface area contributed by atoms with Crippen LogP contribution in [0.15, 0.2) is 42.6 Å². The van der Waals surface area contributed by atoms with E-state index in [2.05, 4.69) is 26.3 Å². The molecule has 3 amide bonds. The Labute approximate surface area is 258 Å². The van der Waals surface area contributed by atoms with Crippen LogP contribution in [0.5, 0.6) is 11.5 Å². The molecule has 10 nitrogen and oxygen atoms in total. The Balaban J connectivity index is 1.22. The molecular weight excluding hydrogens is 558 g/mol. The number of hydrogen-bond acceptors (Lipinski definition) is 7. The topological polar surface area (TPSA) is 114 Å². The lowest BCUT2D eigenvalue weighted by molar-refractivity contribution is -0.140. The lowest BCUT2D eigenvalue weighted by Gasteiger charge is -2.51. The lowest BCUT2D eigenvalue weighted by atomic mass is 9.77. The smallest absolute Gasteiger partial charge is 0.274 e. The number of benzene rings is 2. The summed E-state index contributed by atoms with van der Waals surface area (Å²) in [7, 11) is 3.26. The summed E-state index contributed by atoms with van der Waals surface area (Å²) >= 11 is 0. The molecule has 3 aliphatic heterocycles. The SMILES string of the molecule is COc1cc2cc(c1OC)CCCNC(=O)CCC[C@H]1[C@H]3C[C@@H](CN(C(=O)c4cnc5ccccc5n4)C3)CN1C(=O)CC2. The monoisotopic (exact) mass is 599 g/mol. The van der Waals surface area contributed by atoms with E-state index in [4.69, 9.17) is 9.47 Å². The molecule has 0 aliphatic carbocycles. The molecule has 3 atom stereocenters. The van der Waals surface area contributed by atoms with E-state index in [0.717, 1.165) is 42.3 Å². The molecule has 1 N–H and O–H groups in total. The third-order valence-electron chi connectivity index (χ3n) is 9.34. The number of nitrogens with one attached hydrogen (secondary N) is 1. The summed E-state index contributed by atoms with van der Waals surface area (Å²) < 4.78 is 11.3. The van der Waals surface area contributed by atoms with Gasteiger partial charge < -0.3 is 24.6 Å². The first-order valence-electron chi connectivity index (χ1n) is 15.7. The maximum absolute atomic E-state index is 13.9. The summed E-state index contributed by atoms with van der Waals surface area (Å²) in [5, 5.41) is 3.06. The number of aryl methyl sites for hydroxylation is 2. The second-order valence-electron chi connectivity index (χ2n) is 12.3. The zero-order valence-corrected chi connectivity index (χ0v) is 25.6. The Hall–Kier alpha value is -4.21. The van der Waals surface area contributed by atoms with Crippen molar-refractivity contribution in [3.05, 3.63) is 59.4 Å². The summed E-state index contributed by atoms with van der Waals surface area (Å²) in [6, 6.07) is 11.6. The van der Waals surface area contributed by atoms with Gasteiger partial charge in [0, 0.05) is 45.1 Å². The van der Waals surface area contributed by atoms with Crippen molar-refractivity contribution >= 4 is 28.8 Å². The highest BCUT2D eigenvalue weighted by atomic mass is 16.5. The molecule has 10 heteroatoms. The Kier molecular flexibility index (Phi) is 8.95. The number of methoxy groups -OCH3 is 2. The van der Waals surface area contributed by atoms with Gasteiger partial charge in [0.15, 0.2) is 11.5 Å². The van der Waals surface area contributed by atoms with Gasteiger partial charge in [-0.15, -0.1) is 0 Å². The number of piperidine rings is 2. The molecule has 0 radical (unpaired) electrons. The number of likely N-dealkylation sites (tertiary alicyclic amines) is 1. The predicted octanol–water partition coefficient (Wildman–Crippen LogP) is 3.80. The minimum atomic E-state index is -0.116. The molecule has 232 valence electrons. The van der Waals surface area contributed by atoms with Crippen LogP contribution in [0.2, 0.25) is 0 Å². The molecule has 0 unspecified atom stereocenters. The normalized spacial score (nSPS) is 23.1. The minimum absolute atomic E-state index is 0.0253. The van der Waals surface area contributed by atoms with Crippen molar-refractivity contribution in [2.45, 2.75) is 57.4 Å². The number of hydrogen-bond donors (Lipinski definition) is 1. The fourth-order valence-electron chi connectivity index (χ4n) is 7.29. The highest BCUT2D eigenvalue weighted by Gasteiger charge is 2.43. The van der Waals surface area contributed by atoms with Crippen LogP contribution >= 0.6 is 0 Å². The molecule has 2 saturated heterocycles. The molecule has 1 aromatic heterocycles. The number of amides is 3. The Bertz CT molecular complexity index is 1540. The molecule has 44 heavy (non-hydrogen) atoms. The Morgan fingerprint density at radius 2 is 1.80 bits per heavy atom. The highest BCUT2D eigenvalue weighted by Crippen LogP contribution is 2.37. The highest BCUT2D eigenvalue weighted by molar-refractivity contribution is 5.94. The number of carbonyl (C=O) groups excluding carboxylic acids is 3. The molecule has 4 bridgehead atoms. The molecule has 0 saturated carbocycles. The first-order valence-corrected chi connectivity index (χ1v) is 15.7. The van der Waals surface area contributed by atoms with Crippen molar-refractivity contribution in [3.8, 4) is 11.5 Å². The van der Waals surface area contributed by atoms with Gasteiger partial charge in [0.25, 0.3) is 5.91 Å². The third kappa shape index (κ3) is 6.34. The van der Waals surface area contributed by atoms with Gasteiger partial charge in [0.1, 0.15) is 5.69 Å². The van der Waals surface area contributed by atoms with Crippen LogP contribution in [0.25, 0.3) is 11.0 Å². The van der Waals surface area contributed by atoms with Crippen molar-refractivity contribution in [1.29, 1.82) is 0 Å². The summed E-state index contributed by atoms with van der Waals surface area (Å²) in [6.07, 6.45) is 6.87. The number of rotatable bonds is 3. The number of fused-ring (bicyclic) bond motifs is 7. The van der Waals surface area contributed by atoms with E-state index in [1.165, 1.54) is 0 Å². The summed E-state index contributed by atoms with van der Waals surface area (Å²) in [5.41, 5.74) is 3.85. The number of para-hydroxylation sites is 2. The van der Waals surface area contributed by atoms with Gasteiger partial charge in [-0.25, -0.2) is 4.98 Å². The lowest BCUT2D eigenvalue weighted by Crippen LogP contribution is -2.60. The predicted molar refractivity (Wildman–Crippen MR) is 166 cm³/mol. The number of nitrogens with zero attached hydrogens (tertiary/aromatic N) is 4. The molecule has 6 rings (SSSR count). The van der Waals surface area contributed by atoms with Crippen LogP contribution < -0.4 is 14.8 Å². The first-order chi connectivity index (χ1) is 21.4. The molecule has 4 heterocycles. The van der Waals surface area contributed by atoms with Crippen molar-refractivity contribution in [3.63, 3.8) is 0 Å². The molecule has 3 aromatic rings. The fraction of sp³-hybridized carbons (Fsp3) is 0.500. The third-order valence-corrected chi connectivity index (χ3v) is 9.34. The van der Waals surface area contributed by atoms with Crippen molar-refractivity contribution in [2.75, 3.05) is 40.4 Å². The standard InChI is InChI=1S/C34H41N5O5/c1-43-30-17-22-12-13-32(41)39-20-23-16-25(21-38(19-23)34(42)28-18-36-26-8-3-4-9-27(26)37-28)29(39)10-5-11-31(40)35-14-6-7-24(15-22)33(30)44-2/h3-4,8-9,15,17-18,23,25,29H,5-7,10-14,16,19-21H2,1-2H3,(H,35,40)/t23-,25-,29-/m0/s1.